The molecule has 3 aromatic heterocycles. The third-order valence-corrected chi connectivity index (χ3v) is 7.33. The number of aliphatic hydroxyl groups is 1. The van der Waals surface area contributed by atoms with Gasteiger partial charge in [0, 0.05) is 23.2 Å². The summed E-state index contributed by atoms with van der Waals surface area (Å²) in [5.74, 6) is 1.66. The molecule has 0 aliphatic rings. The summed E-state index contributed by atoms with van der Waals surface area (Å²) in [6, 6.07) is 28.4. The van der Waals surface area contributed by atoms with Gasteiger partial charge in [0.1, 0.15) is 17.4 Å². The van der Waals surface area contributed by atoms with Crippen molar-refractivity contribution < 1.29 is 5.11 Å². The molecular formula is C32H31N7O. The molecule has 0 saturated carbocycles. The number of H-pyrrole nitrogens is 1. The SMILES string of the molecule is CCCCc1nc2cc(C(O)c3ccccc3)c(C)nc2n1Cc1ccc(-c2ccccc2-c2nnn[nH]2)cc1. The van der Waals surface area contributed by atoms with Crippen LogP contribution in [0.5, 0.6) is 0 Å². The highest BCUT2D eigenvalue weighted by Crippen LogP contribution is 2.31. The Morgan fingerprint density at radius 2 is 1.65 bits per heavy atom. The highest BCUT2D eigenvalue weighted by Gasteiger charge is 2.19. The summed E-state index contributed by atoms with van der Waals surface area (Å²) >= 11 is 0. The number of rotatable bonds is 9. The third-order valence-electron chi connectivity index (χ3n) is 7.33. The first-order valence-electron chi connectivity index (χ1n) is 13.6. The van der Waals surface area contributed by atoms with Gasteiger partial charge in [0.2, 0.25) is 0 Å². The van der Waals surface area contributed by atoms with Gasteiger partial charge in [-0.05, 0) is 52.1 Å². The van der Waals surface area contributed by atoms with Crippen molar-refractivity contribution in [1.82, 2.24) is 35.2 Å². The molecule has 0 amide bonds. The third kappa shape index (κ3) is 5.01. The van der Waals surface area contributed by atoms with E-state index in [2.05, 4.69) is 62.4 Å². The van der Waals surface area contributed by atoms with Crippen LogP contribution >= 0.6 is 0 Å². The number of imidazole rings is 1. The van der Waals surface area contributed by atoms with Gasteiger partial charge in [-0.3, -0.25) is 0 Å². The van der Waals surface area contributed by atoms with E-state index in [0.717, 1.165) is 75.3 Å². The highest BCUT2D eigenvalue weighted by atomic mass is 16.3. The minimum atomic E-state index is -0.745. The van der Waals surface area contributed by atoms with Gasteiger partial charge in [0.25, 0.3) is 0 Å². The first-order chi connectivity index (χ1) is 19.6. The van der Waals surface area contributed by atoms with Crippen molar-refractivity contribution in [3.63, 3.8) is 0 Å². The Kier molecular flexibility index (Phi) is 7.16. The van der Waals surface area contributed by atoms with Crippen molar-refractivity contribution in [2.45, 2.75) is 45.8 Å². The van der Waals surface area contributed by atoms with E-state index < -0.39 is 6.10 Å². The molecule has 6 aromatic rings. The molecule has 2 N–H and O–H groups in total. The molecule has 8 heteroatoms. The summed E-state index contributed by atoms with van der Waals surface area (Å²) in [7, 11) is 0. The van der Waals surface area contributed by atoms with Crippen molar-refractivity contribution in [1.29, 1.82) is 0 Å². The first-order valence-corrected chi connectivity index (χ1v) is 13.6. The number of hydrogen-bond acceptors (Lipinski definition) is 6. The van der Waals surface area contributed by atoms with Crippen molar-refractivity contribution in [3.8, 4) is 22.5 Å². The first kappa shape index (κ1) is 25.6. The number of unbranched alkanes of at least 4 members (excludes halogenated alkanes) is 1. The van der Waals surface area contributed by atoms with Gasteiger partial charge in [-0.15, -0.1) is 5.10 Å². The summed E-state index contributed by atoms with van der Waals surface area (Å²) < 4.78 is 2.22. The summed E-state index contributed by atoms with van der Waals surface area (Å²) in [4.78, 5) is 9.97. The number of nitrogens with zero attached hydrogens (tertiary/aromatic N) is 6. The standard InChI is InChI=1S/C32H31N7O/c1-3-4-14-29-34-28-19-27(30(40)24-10-6-5-7-11-24)21(2)33-32(28)39(29)20-22-15-17-23(18-16-22)25-12-8-9-13-26(25)31-35-37-38-36-31/h5-13,15-19,30,40H,3-4,14,20H2,1-2H3,(H,35,36,37,38). The molecule has 0 fully saturated rings. The van der Waals surface area contributed by atoms with Crippen LogP contribution in [0.3, 0.4) is 0 Å². The van der Waals surface area contributed by atoms with Crippen molar-refractivity contribution in [3.05, 3.63) is 113 Å². The number of aryl methyl sites for hydroxylation is 2. The zero-order valence-electron chi connectivity index (χ0n) is 22.6. The summed E-state index contributed by atoms with van der Waals surface area (Å²) in [5.41, 5.74) is 8.36. The fourth-order valence-electron chi connectivity index (χ4n) is 5.17. The lowest BCUT2D eigenvalue weighted by molar-refractivity contribution is 0.219. The minimum absolute atomic E-state index is 0.642. The number of fused-ring (bicyclic) bond motifs is 1. The van der Waals surface area contributed by atoms with E-state index in [1.165, 1.54) is 0 Å². The van der Waals surface area contributed by atoms with Gasteiger partial charge >= 0.3 is 0 Å². The number of nitrogens with one attached hydrogen (secondary N) is 1. The van der Waals surface area contributed by atoms with Crippen molar-refractivity contribution in [2.24, 2.45) is 0 Å². The second kappa shape index (κ2) is 11.2. The van der Waals surface area contributed by atoms with E-state index in [4.69, 9.17) is 9.97 Å². The van der Waals surface area contributed by atoms with Gasteiger partial charge in [0.05, 0.1) is 6.54 Å². The monoisotopic (exact) mass is 529 g/mol. The van der Waals surface area contributed by atoms with Crippen LogP contribution in [0.25, 0.3) is 33.7 Å². The molecule has 1 atom stereocenters. The number of tetrazole rings is 1. The molecule has 40 heavy (non-hydrogen) atoms. The number of aliphatic hydroxyl groups excluding tert-OH is 1. The molecule has 0 bridgehead atoms. The van der Waals surface area contributed by atoms with E-state index in [9.17, 15) is 5.11 Å². The van der Waals surface area contributed by atoms with Gasteiger partial charge in [-0.25, -0.2) is 15.1 Å². The van der Waals surface area contributed by atoms with Crippen molar-refractivity contribution in [2.75, 3.05) is 0 Å². The molecule has 3 heterocycles. The van der Waals surface area contributed by atoms with Crippen LogP contribution in [0, 0.1) is 6.92 Å². The van der Waals surface area contributed by atoms with Crippen molar-refractivity contribution >= 4 is 11.2 Å². The van der Waals surface area contributed by atoms with Crippen LogP contribution in [0.15, 0.2) is 84.9 Å². The lowest BCUT2D eigenvalue weighted by Gasteiger charge is -2.14. The van der Waals surface area contributed by atoms with Gasteiger partial charge < -0.3 is 9.67 Å². The number of aromatic nitrogens is 7. The molecule has 0 spiro atoms. The van der Waals surface area contributed by atoms with Crippen LogP contribution in [0.4, 0.5) is 0 Å². The molecule has 0 aliphatic carbocycles. The fourth-order valence-corrected chi connectivity index (χ4v) is 5.17. The number of hydrogen-bond donors (Lipinski definition) is 2. The van der Waals surface area contributed by atoms with Crippen LogP contribution < -0.4 is 0 Å². The Hall–Kier alpha value is -4.69. The van der Waals surface area contributed by atoms with Crippen LogP contribution in [0.1, 0.15) is 54.1 Å². The normalized spacial score (nSPS) is 12.2. The largest absolute Gasteiger partial charge is 0.384 e. The van der Waals surface area contributed by atoms with Crippen LogP contribution in [0.2, 0.25) is 0 Å². The second-order valence-electron chi connectivity index (χ2n) is 10.0. The lowest BCUT2D eigenvalue weighted by atomic mass is 9.98. The molecular weight excluding hydrogens is 498 g/mol. The topological polar surface area (TPSA) is 105 Å². The predicted octanol–water partition coefficient (Wildman–Crippen LogP) is 6.06. The summed E-state index contributed by atoms with van der Waals surface area (Å²) in [6.45, 7) is 4.81. The molecule has 3 aromatic carbocycles. The van der Waals surface area contributed by atoms with Crippen LogP contribution in [-0.4, -0.2) is 40.3 Å². The van der Waals surface area contributed by atoms with E-state index >= 15 is 0 Å². The zero-order chi connectivity index (χ0) is 27.5. The number of aromatic amines is 1. The van der Waals surface area contributed by atoms with E-state index in [1.54, 1.807) is 0 Å². The fraction of sp³-hybridized carbons (Fsp3) is 0.219. The molecule has 0 radical (unpaired) electrons. The molecule has 0 saturated heterocycles. The summed E-state index contributed by atoms with van der Waals surface area (Å²) in [5, 5.41) is 25.5. The van der Waals surface area contributed by atoms with Gasteiger partial charge in [-0.1, -0.05) is 92.2 Å². The van der Waals surface area contributed by atoms with E-state index in [0.29, 0.717) is 12.4 Å². The second-order valence-corrected chi connectivity index (χ2v) is 10.0. The molecule has 1 unspecified atom stereocenters. The Morgan fingerprint density at radius 3 is 2.38 bits per heavy atom. The maximum Gasteiger partial charge on any atom is 0.180 e. The maximum atomic E-state index is 11.1. The summed E-state index contributed by atoms with van der Waals surface area (Å²) in [6.07, 6.45) is 2.26. The van der Waals surface area contributed by atoms with Gasteiger partial charge in [0.15, 0.2) is 11.5 Å². The molecule has 0 aliphatic heterocycles. The highest BCUT2D eigenvalue weighted by molar-refractivity contribution is 5.80. The Labute approximate surface area is 232 Å². The smallest absolute Gasteiger partial charge is 0.180 e. The Balaban J connectivity index is 1.34. The minimum Gasteiger partial charge on any atom is -0.384 e. The number of pyridine rings is 1. The zero-order valence-corrected chi connectivity index (χ0v) is 22.6. The predicted molar refractivity (Wildman–Crippen MR) is 156 cm³/mol. The molecule has 6 rings (SSSR count). The Morgan fingerprint density at radius 1 is 0.900 bits per heavy atom. The van der Waals surface area contributed by atoms with E-state index in [-0.39, 0.29) is 0 Å². The van der Waals surface area contributed by atoms with E-state index in [1.807, 2.05) is 61.5 Å². The van der Waals surface area contributed by atoms with Crippen LogP contribution in [-0.2, 0) is 13.0 Å². The number of benzene rings is 3. The molecule has 8 nitrogen and oxygen atoms in total. The van der Waals surface area contributed by atoms with Gasteiger partial charge in [-0.2, -0.15) is 0 Å². The average Bonchev–Trinajstić information content (AvgIpc) is 3.65. The Bertz CT molecular complexity index is 1730. The average molecular weight is 530 g/mol. The lowest BCUT2D eigenvalue weighted by Crippen LogP contribution is -2.08. The quantitative estimate of drug-likeness (QED) is 0.236. The maximum absolute atomic E-state index is 11.1. The molecule has 200 valence electrons.